The molecule has 0 aromatic heterocycles. The lowest BCUT2D eigenvalue weighted by molar-refractivity contribution is -0.141. The summed E-state index contributed by atoms with van der Waals surface area (Å²) < 4.78 is 0. The van der Waals surface area contributed by atoms with Crippen molar-refractivity contribution in [2.45, 2.75) is 104 Å². The van der Waals surface area contributed by atoms with E-state index in [2.05, 4.69) is 20.8 Å². The quantitative estimate of drug-likeness (QED) is 0.571. The number of aliphatic hydroxyl groups excluding tert-OH is 3. The predicted octanol–water partition coefficient (Wildman–Crippen LogP) is 4.59. The molecule has 11 atom stereocenters. The number of ketones is 1. The molecule has 31 heavy (non-hydrogen) atoms. The zero-order valence-corrected chi connectivity index (χ0v) is 20.2. The van der Waals surface area contributed by atoms with Crippen molar-refractivity contribution in [3.05, 3.63) is 0 Å². The molecule has 0 aliphatic heterocycles. The van der Waals surface area contributed by atoms with Crippen LogP contribution < -0.4 is 0 Å². The summed E-state index contributed by atoms with van der Waals surface area (Å²) in [7, 11) is 0. The Morgan fingerprint density at radius 3 is 2.48 bits per heavy atom. The molecule has 0 amide bonds. The van der Waals surface area contributed by atoms with Gasteiger partial charge in [0.25, 0.3) is 0 Å². The maximum absolute atomic E-state index is 12.1. The predicted molar refractivity (Wildman–Crippen MR) is 122 cm³/mol. The summed E-state index contributed by atoms with van der Waals surface area (Å²) in [5.74, 6) is 3.36. The first kappa shape index (κ1) is 23.7. The van der Waals surface area contributed by atoms with Gasteiger partial charge in [0.05, 0.1) is 12.2 Å². The molecule has 4 aliphatic carbocycles. The number of aliphatic hydroxyl groups is 3. The molecule has 4 rings (SSSR count). The molecule has 178 valence electrons. The minimum absolute atomic E-state index is 0.0756. The van der Waals surface area contributed by atoms with Crippen molar-refractivity contribution in [1.82, 2.24) is 0 Å². The van der Waals surface area contributed by atoms with Crippen LogP contribution in [0.5, 0.6) is 0 Å². The lowest BCUT2D eigenvalue weighted by atomic mass is 9.44. The van der Waals surface area contributed by atoms with Crippen molar-refractivity contribution < 1.29 is 20.1 Å². The smallest absolute Gasteiger partial charge is 0.133 e. The van der Waals surface area contributed by atoms with Gasteiger partial charge in [0.2, 0.25) is 0 Å². The minimum atomic E-state index is -0.417. The highest BCUT2D eigenvalue weighted by Gasteiger charge is 2.63. The molecule has 0 spiro atoms. The average molecular weight is 435 g/mol. The van der Waals surface area contributed by atoms with Crippen molar-refractivity contribution in [3.63, 3.8) is 0 Å². The van der Waals surface area contributed by atoms with E-state index in [0.29, 0.717) is 41.3 Å². The molecule has 4 fully saturated rings. The van der Waals surface area contributed by atoms with Crippen molar-refractivity contribution in [2.24, 2.45) is 52.3 Å². The Bertz CT molecular complexity index is 664. The molecule has 0 bridgehead atoms. The molecule has 4 saturated carbocycles. The van der Waals surface area contributed by atoms with E-state index in [-0.39, 0.29) is 35.9 Å². The van der Waals surface area contributed by atoms with E-state index in [1.165, 1.54) is 19.3 Å². The van der Waals surface area contributed by atoms with Crippen molar-refractivity contribution >= 4 is 5.78 Å². The zero-order chi connectivity index (χ0) is 22.6. The van der Waals surface area contributed by atoms with E-state index in [1.54, 1.807) is 0 Å². The molecular weight excluding hydrogens is 388 g/mol. The van der Waals surface area contributed by atoms with Crippen LogP contribution in [0.3, 0.4) is 0 Å². The van der Waals surface area contributed by atoms with Gasteiger partial charge in [-0.2, -0.15) is 0 Å². The number of Topliss-reactive ketones (excluding diaryl/α,β-unsaturated/α-hetero) is 1. The summed E-state index contributed by atoms with van der Waals surface area (Å²) >= 11 is 0. The standard InChI is InChI=1S/C27H46O4/c1-16(15-28)5-8-23(30)17(2)25-24(31)14-22-20-7-6-18-13-19(29)9-11-26(18,3)21(20)10-12-27(22,25)4/h16-18,20-25,28,30-31H,5-15H2,1-4H3/t16?,17-,18?,20-,21+,22+,23?,24?,25+,26+,27+/m1/s1. The topological polar surface area (TPSA) is 77.8 Å². The number of rotatable bonds is 6. The maximum atomic E-state index is 12.1. The lowest BCUT2D eigenvalue weighted by Gasteiger charge is -2.60. The Labute approximate surface area is 189 Å². The second-order valence-corrected chi connectivity index (χ2v) is 12.6. The summed E-state index contributed by atoms with van der Waals surface area (Å²) in [5.41, 5.74) is 0.393. The van der Waals surface area contributed by atoms with Crippen LogP contribution in [0.2, 0.25) is 0 Å². The minimum Gasteiger partial charge on any atom is -0.396 e. The van der Waals surface area contributed by atoms with Crippen LogP contribution in [0, 0.1) is 52.3 Å². The van der Waals surface area contributed by atoms with Gasteiger partial charge in [0, 0.05) is 19.4 Å². The first-order chi connectivity index (χ1) is 14.6. The van der Waals surface area contributed by atoms with E-state index >= 15 is 0 Å². The van der Waals surface area contributed by atoms with Gasteiger partial charge in [-0.15, -0.1) is 0 Å². The molecule has 0 radical (unpaired) electrons. The van der Waals surface area contributed by atoms with Crippen molar-refractivity contribution in [1.29, 1.82) is 0 Å². The second-order valence-electron chi connectivity index (χ2n) is 12.6. The number of carbonyl (C=O) groups excluding carboxylic acids is 1. The van der Waals surface area contributed by atoms with Gasteiger partial charge in [-0.3, -0.25) is 4.79 Å². The van der Waals surface area contributed by atoms with Crippen LogP contribution in [0.4, 0.5) is 0 Å². The third-order valence-corrected chi connectivity index (χ3v) is 11.0. The van der Waals surface area contributed by atoms with E-state index < -0.39 is 6.10 Å². The Kier molecular flexibility index (Phi) is 6.67. The molecule has 0 saturated heterocycles. The average Bonchev–Trinajstić information content (AvgIpc) is 3.01. The largest absolute Gasteiger partial charge is 0.396 e. The van der Waals surface area contributed by atoms with Gasteiger partial charge in [-0.25, -0.2) is 0 Å². The fourth-order valence-corrected chi connectivity index (χ4v) is 9.10. The van der Waals surface area contributed by atoms with E-state index in [1.807, 2.05) is 6.92 Å². The molecule has 0 heterocycles. The van der Waals surface area contributed by atoms with Crippen LogP contribution >= 0.6 is 0 Å². The number of carbonyl (C=O) groups is 1. The van der Waals surface area contributed by atoms with E-state index in [9.17, 15) is 20.1 Å². The highest BCUT2D eigenvalue weighted by molar-refractivity contribution is 5.79. The lowest BCUT2D eigenvalue weighted by Crippen LogP contribution is -2.54. The summed E-state index contributed by atoms with van der Waals surface area (Å²) in [5, 5.41) is 31.5. The number of hydrogen-bond acceptors (Lipinski definition) is 4. The van der Waals surface area contributed by atoms with Crippen LogP contribution in [0.1, 0.15) is 91.9 Å². The van der Waals surface area contributed by atoms with Gasteiger partial charge in [-0.05, 0) is 104 Å². The molecule has 0 aromatic carbocycles. The monoisotopic (exact) mass is 434 g/mol. The maximum Gasteiger partial charge on any atom is 0.133 e. The third kappa shape index (κ3) is 3.93. The normalized spacial score (nSPS) is 47.8. The summed E-state index contributed by atoms with van der Waals surface area (Å²) in [4.78, 5) is 12.1. The van der Waals surface area contributed by atoms with Crippen LogP contribution in [0.15, 0.2) is 0 Å². The Morgan fingerprint density at radius 2 is 1.77 bits per heavy atom. The second kappa shape index (κ2) is 8.72. The summed E-state index contributed by atoms with van der Waals surface area (Å²) in [6.45, 7) is 9.22. The fraction of sp³-hybridized carbons (Fsp3) is 0.963. The molecule has 4 heteroatoms. The molecule has 4 nitrogen and oxygen atoms in total. The summed E-state index contributed by atoms with van der Waals surface area (Å²) in [6, 6.07) is 0. The number of hydrogen-bond donors (Lipinski definition) is 3. The van der Waals surface area contributed by atoms with Gasteiger partial charge < -0.3 is 15.3 Å². The highest BCUT2D eigenvalue weighted by Crippen LogP contribution is 2.68. The van der Waals surface area contributed by atoms with Crippen LogP contribution in [0.25, 0.3) is 0 Å². The zero-order valence-electron chi connectivity index (χ0n) is 20.2. The molecule has 0 aromatic rings. The van der Waals surface area contributed by atoms with Gasteiger partial charge in [0.15, 0.2) is 0 Å². The van der Waals surface area contributed by atoms with Crippen molar-refractivity contribution in [3.8, 4) is 0 Å². The molecular formula is C27H46O4. The first-order valence-electron chi connectivity index (χ1n) is 13.1. The molecule has 4 aliphatic rings. The van der Waals surface area contributed by atoms with Gasteiger partial charge in [-0.1, -0.05) is 27.7 Å². The summed E-state index contributed by atoms with van der Waals surface area (Å²) in [6.07, 6.45) is 9.02. The Morgan fingerprint density at radius 1 is 1.03 bits per heavy atom. The highest BCUT2D eigenvalue weighted by atomic mass is 16.3. The molecule has 4 unspecified atom stereocenters. The van der Waals surface area contributed by atoms with E-state index in [4.69, 9.17) is 0 Å². The first-order valence-corrected chi connectivity index (χ1v) is 13.1. The van der Waals surface area contributed by atoms with Crippen molar-refractivity contribution in [2.75, 3.05) is 6.61 Å². The number of fused-ring (bicyclic) bond motifs is 5. The van der Waals surface area contributed by atoms with Gasteiger partial charge in [0.1, 0.15) is 5.78 Å². The fourth-order valence-electron chi connectivity index (χ4n) is 9.10. The van der Waals surface area contributed by atoms with Crippen LogP contribution in [-0.2, 0) is 4.79 Å². The third-order valence-electron chi connectivity index (χ3n) is 11.0. The van der Waals surface area contributed by atoms with Gasteiger partial charge >= 0.3 is 0 Å². The van der Waals surface area contributed by atoms with E-state index in [0.717, 1.165) is 38.5 Å². The SMILES string of the molecule is CC(CO)CCC(O)[C@@H](C)[C@H]1C(O)C[C@H]2[C@@H]3CCC4CC(=O)CC[C@]4(C)[C@H]3CC[C@]12C. The molecule has 3 N–H and O–H groups in total. The Hall–Kier alpha value is -0.450. The van der Waals surface area contributed by atoms with Crippen LogP contribution in [-0.4, -0.2) is 39.9 Å². The Balaban J connectivity index is 1.51.